The average molecular weight is 585 g/mol. The van der Waals surface area contributed by atoms with Gasteiger partial charge in [0.25, 0.3) is 5.91 Å². The van der Waals surface area contributed by atoms with Crippen LogP contribution in [-0.2, 0) is 6.18 Å². The van der Waals surface area contributed by atoms with E-state index in [4.69, 9.17) is 0 Å². The molecule has 0 aliphatic heterocycles. The number of alkyl halides is 3. The van der Waals surface area contributed by atoms with Gasteiger partial charge in [-0.2, -0.15) is 13.2 Å². The van der Waals surface area contributed by atoms with Crippen molar-refractivity contribution < 1.29 is 18.0 Å². The number of hydrogen-bond donors (Lipinski definition) is 3. The largest absolute Gasteiger partial charge is 0.416 e. The summed E-state index contributed by atoms with van der Waals surface area (Å²) in [6.45, 7) is 3.62. The summed E-state index contributed by atoms with van der Waals surface area (Å²) in [5.74, 6) is 0.599. The minimum Gasteiger partial charge on any atom is -0.367 e. The number of benzene rings is 2. The third kappa shape index (κ3) is 6.48. The normalized spacial score (nSPS) is 13.0. The van der Waals surface area contributed by atoms with Gasteiger partial charge in [0.05, 0.1) is 23.3 Å². The fraction of sp³-hybridized carbons (Fsp3) is 0.194. The fourth-order valence-corrected chi connectivity index (χ4v) is 4.51. The molecule has 1 saturated carbocycles. The van der Waals surface area contributed by atoms with Crippen molar-refractivity contribution in [3.8, 4) is 16.9 Å². The summed E-state index contributed by atoms with van der Waals surface area (Å²) in [5, 5.41) is 9.43. The first-order chi connectivity index (χ1) is 20.6. The summed E-state index contributed by atoms with van der Waals surface area (Å²) in [7, 11) is 0. The molecule has 0 atom stereocenters. The molecule has 43 heavy (non-hydrogen) atoms. The zero-order valence-electron chi connectivity index (χ0n) is 23.3. The number of nitrogens with one attached hydrogen (secondary N) is 3. The SMILES string of the molecule is Cc1cn(-c2cc(C(=O)Nc3ccc(C)c(Nc4ncccc4-c4cc(NC5CC5)ncn4)c3)cc(C(F)(F)F)c2)cn1. The zero-order valence-corrected chi connectivity index (χ0v) is 23.3. The molecule has 5 aromatic rings. The molecule has 12 heteroatoms. The van der Waals surface area contributed by atoms with Crippen molar-refractivity contribution >= 4 is 28.9 Å². The number of halogens is 3. The van der Waals surface area contributed by atoms with Crippen molar-refractivity contribution in [2.24, 2.45) is 0 Å². The Kier molecular flexibility index (Phi) is 7.26. The van der Waals surface area contributed by atoms with Crippen LogP contribution in [0.3, 0.4) is 0 Å². The molecular formula is C31H27F3N8O. The van der Waals surface area contributed by atoms with E-state index in [2.05, 4.69) is 35.9 Å². The summed E-state index contributed by atoms with van der Waals surface area (Å²) in [4.78, 5) is 30.6. The highest BCUT2D eigenvalue weighted by atomic mass is 19.4. The molecule has 0 unspecified atom stereocenters. The van der Waals surface area contributed by atoms with E-state index in [1.54, 1.807) is 37.5 Å². The van der Waals surface area contributed by atoms with Gasteiger partial charge in [0.1, 0.15) is 18.0 Å². The second-order valence-corrected chi connectivity index (χ2v) is 10.4. The van der Waals surface area contributed by atoms with Crippen molar-refractivity contribution in [1.29, 1.82) is 0 Å². The number of pyridine rings is 1. The summed E-state index contributed by atoms with van der Waals surface area (Å²) in [6.07, 6.45) is 3.75. The van der Waals surface area contributed by atoms with Crippen molar-refractivity contribution in [2.75, 3.05) is 16.0 Å². The van der Waals surface area contributed by atoms with Crippen LogP contribution in [0.15, 0.2) is 79.6 Å². The van der Waals surface area contributed by atoms with Crippen LogP contribution in [-0.4, -0.2) is 36.5 Å². The number of aromatic nitrogens is 5. The van der Waals surface area contributed by atoms with Gasteiger partial charge in [0.15, 0.2) is 0 Å². The van der Waals surface area contributed by atoms with Crippen LogP contribution in [0.2, 0.25) is 0 Å². The van der Waals surface area contributed by atoms with Crippen LogP contribution in [0.5, 0.6) is 0 Å². The van der Waals surface area contributed by atoms with Crippen molar-refractivity contribution in [3.63, 3.8) is 0 Å². The Bertz CT molecular complexity index is 1810. The summed E-state index contributed by atoms with van der Waals surface area (Å²) in [6, 6.07) is 14.4. The van der Waals surface area contributed by atoms with Crippen LogP contribution < -0.4 is 16.0 Å². The second-order valence-electron chi connectivity index (χ2n) is 10.4. The van der Waals surface area contributed by atoms with Gasteiger partial charge >= 0.3 is 6.18 Å². The molecule has 2 aromatic carbocycles. The average Bonchev–Trinajstić information content (AvgIpc) is 3.70. The molecule has 0 radical (unpaired) electrons. The van der Waals surface area contributed by atoms with Crippen LogP contribution in [0.25, 0.3) is 16.9 Å². The lowest BCUT2D eigenvalue weighted by molar-refractivity contribution is -0.137. The highest BCUT2D eigenvalue weighted by Crippen LogP contribution is 2.33. The molecule has 0 saturated heterocycles. The highest BCUT2D eigenvalue weighted by molar-refractivity contribution is 6.05. The molecule has 1 aliphatic rings. The topological polar surface area (TPSA) is 110 Å². The Hall–Kier alpha value is -5.26. The van der Waals surface area contributed by atoms with Crippen LogP contribution >= 0.6 is 0 Å². The maximum Gasteiger partial charge on any atom is 0.416 e. The van der Waals surface area contributed by atoms with Gasteiger partial charge in [-0.25, -0.2) is 19.9 Å². The first-order valence-corrected chi connectivity index (χ1v) is 13.6. The van der Waals surface area contributed by atoms with E-state index in [1.165, 1.54) is 23.3 Å². The van der Waals surface area contributed by atoms with Crippen molar-refractivity contribution in [1.82, 2.24) is 24.5 Å². The predicted molar refractivity (Wildman–Crippen MR) is 158 cm³/mol. The number of amides is 1. The Balaban J connectivity index is 1.26. The third-order valence-corrected chi connectivity index (χ3v) is 6.95. The van der Waals surface area contributed by atoms with E-state index in [0.29, 0.717) is 34.6 Å². The third-order valence-electron chi connectivity index (χ3n) is 6.95. The predicted octanol–water partition coefficient (Wildman–Crippen LogP) is 6.93. The maximum atomic E-state index is 13.7. The lowest BCUT2D eigenvalue weighted by Crippen LogP contribution is -2.15. The van der Waals surface area contributed by atoms with Gasteiger partial charge in [-0.1, -0.05) is 6.07 Å². The minimum atomic E-state index is -4.64. The molecule has 9 nitrogen and oxygen atoms in total. The maximum absolute atomic E-state index is 13.7. The van der Waals surface area contributed by atoms with E-state index in [-0.39, 0.29) is 11.3 Å². The van der Waals surface area contributed by atoms with Gasteiger partial charge in [0, 0.05) is 52.7 Å². The monoisotopic (exact) mass is 584 g/mol. The Morgan fingerprint density at radius 2 is 1.81 bits per heavy atom. The van der Waals surface area contributed by atoms with E-state index < -0.39 is 17.6 Å². The van der Waals surface area contributed by atoms with Gasteiger partial charge in [-0.05, 0) is 74.7 Å². The molecule has 3 aromatic heterocycles. The first-order valence-electron chi connectivity index (χ1n) is 13.6. The molecule has 218 valence electrons. The number of anilines is 4. The number of nitrogens with zero attached hydrogens (tertiary/aromatic N) is 5. The van der Waals surface area contributed by atoms with E-state index in [1.807, 2.05) is 25.1 Å². The van der Waals surface area contributed by atoms with Gasteiger partial charge in [0.2, 0.25) is 0 Å². The van der Waals surface area contributed by atoms with E-state index >= 15 is 0 Å². The van der Waals surface area contributed by atoms with E-state index in [9.17, 15) is 18.0 Å². The van der Waals surface area contributed by atoms with Gasteiger partial charge < -0.3 is 20.5 Å². The standard InChI is InChI=1S/C31H27F3N8O/c1-18-5-6-23(40-30(43)20-10-21(31(32,33)34)12-24(11-20)42-15-19(2)38-17-42)13-26(18)41-29-25(4-3-9-35-29)27-14-28(37-16-36-27)39-22-7-8-22/h3-6,9-17,22H,7-8H2,1-2H3,(H,35,41)(H,40,43)(H,36,37,39). The summed E-state index contributed by atoms with van der Waals surface area (Å²) in [5.41, 5.74) is 3.09. The van der Waals surface area contributed by atoms with Gasteiger partial charge in [-0.15, -0.1) is 0 Å². The zero-order chi connectivity index (χ0) is 30.1. The lowest BCUT2D eigenvalue weighted by Gasteiger charge is -2.15. The number of imidazole rings is 1. The van der Waals surface area contributed by atoms with Crippen molar-refractivity contribution in [2.45, 2.75) is 38.9 Å². The van der Waals surface area contributed by atoms with Crippen molar-refractivity contribution in [3.05, 3.63) is 102 Å². The Labute approximate surface area is 245 Å². The summed E-state index contributed by atoms with van der Waals surface area (Å²) >= 11 is 0. The number of carbonyl (C=O) groups is 1. The smallest absolute Gasteiger partial charge is 0.367 e. The van der Waals surface area contributed by atoms with Crippen LogP contribution in [0, 0.1) is 13.8 Å². The second kappa shape index (κ2) is 11.2. The number of aryl methyl sites for hydroxylation is 2. The first kappa shape index (κ1) is 27.9. The number of rotatable bonds is 8. The Morgan fingerprint density at radius 1 is 0.977 bits per heavy atom. The highest BCUT2D eigenvalue weighted by Gasteiger charge is 2.32. The number of carbonyl (C=O) groups excluding carboxylic acids is 1. The molecule has 3 heterocycles. The quantitative estimate of drug-likeness (QED) is 0.181. The van der Waals surface area contributed by atoms with E-state index in [0.717, 1.165) is 41.9 Å². The fourth-order valence-electron chi connectivity index (χ4n) is 4.51. The molecule has 1 amide bonds. The number of hydrogen-bond acceptors (Lipinski definition) is 7. The molecule has 0 bridgehead atoms. The Morgan fingerprint density at radius 3 is 2.56 bits per heavy atom. The lowest BCUT2D eigenvalue weighted by atomic mass is 10.1. The molecule has 0 spiro atoms. The molecule has 1 fully saturated rings. The molecular weight excluding hydrogens is 557 g/mol. The molecule has 3 N–H and O–H groups in total. The molecule has 1 aliphatic carbocycles. The van der Waals surface area contributed by atoms with Crippen LogP contribution in [0.1, 0.15) is 40.0 Å². The summed E-state index contributed by atoms with van der Waals surface area (Å²) < 4.78 is 42.6. The molecule has 6 rings (SSSR count). The van der Waals surface area contributed by atoms with Crippen LogP contribution in [0.4, 0.5) is 36.2 Å². The van der Waals surface area contributed by atoms with Gasteiger partial charge in [-0.3, -0.25) is 4.79 Å². The minimum absolute atomic E-state index is 0.141.